The Morgan fingerprint density at radius 1 is 1.03 bits per heavy atom. The molecule has 0 amide bonds. The smallest absolute Gasteiger partial charge is 0.0726 e. The van der Waals surface area contributed by atoms with Gasteiger partial charge in [0, 0.05) is 28.9 Å². The van der Waals surface area contributed by atoms with Crippen LogP contribution in [-0.4, -0.2) is 22.7 Å². The summed E-state index contributed by atoms with van der Waals surface area (Å²) >= 11 is 0. The number of hydrogen-bond donors (Lipinski definition) is 1. The Morgan fingerprint density at radius 2 is 1.77 bits per heavy atom. The molecule has 0 fully saturated rings. The second-order valence-corrected chi connectivity index (χ2v) is 9.47. The Balaban J connectivity index is 1.78. The third-order valence-electron chi connectivity index (χ3n) is 6.27. The van der Waals surface area contributed by atoms with E-state index in [1.165, 1.54) is 38.8 Å². The molecule has 0 atom stereocenters. The summed E-state index contributed by atoms with van der Waals surface area (Å²) in [5, 5.41) is 9.65. The molecule has 31 heavy (non-hydrogen) atoms. The molecule has 158 valence electrons. The van der Waals surface area contributed by atoms with Crippen LogP contribution < -0.4 is 5.01 Å². The van der Waals surface area contributed by atoms with Gasteiger partial charge in [-0.2, -0.15) is 5.10 Å². The van der Waals surface area contributed by atoms with Gasteiger partial charge in [-0.25, -0.2) is 0 Å². The third kappa shape index (κ3) is 3.50. The highest BCUT2D eigenvalue weighted by Gasteiger charge is 2.34. The molecule has 4 nitrogen and oxygen atoms in total. The van der Waals surface area contributed by atoms with Crippen LogP contribution in [0.5, 0.6) is 0 Å². The average Bonchev–Trinajstić information content (AvgIpc) is 3.13. The number of nitrogens with zero attached hydrogens (tertiary/aromatic N) is 3. The van der Waals surface area contributed by atoms with Gasteiger partial charge < -0.3 is 4.98 Å². The van der Waals surface area contributed by atoms with Crippen molar-refractivity contribution >= 4 is 33.2 Å². The second-order valence-electron chi connectivity index (χ2n) is 9.47. The number of nitrogens with one attached hydrogen (secondary N) is 1. The zero-order valence-electron chi connectivity index (χ0n) is 18.9. The predicted octanol–water partition coefficient (Wildman–Crippen LogP) is 6.48. The van der Waals surface area contributed by atoms with Crippen LogP contribution in [0.1, 0.15) is 50.6 Å². The lowest BCUT2D eigenvalue weighted by molar-refractivity contribution is 0.367. The molecule has 5 rings (SSSR count). The summed E-state index contributed by atoms with van der Waals surface area (Å²) in [5.74, 6) is 0. The highest BCUT2D eigenvalue weighted by molar-refractivity contribution is 6.18. The van der Waals surface area contributed by atoms with Gasteiger partial charge in [-0.1, -0.05) is 63.6 Å². The minimum atomic E-state index is 0.125. The van der Waals surface area contributed by atoms with E-state index in [2.05, 4.69) is 74.3 Å². The monoisotopic (exact) mass is 410 g/mol. The van der Waals surface area contributed by atoms with Crippen molar-refractivity contribution in [3.8, 4) is 0 Å². The molecule has 1 N–H and O–H groups in total. The van der Waals surface area contributed by atoms with E-state index in [1.54, 1.807) is 0 Å². The van der Waals surface area contributed by atoms with E-state index in [0.717, 1.165) is 37.1 Å². The van der Waals surface area contributed by atoms with Crippen molar-refractivity contribution in [2.75, 3.05) is 12.1 Å². The fourth-order valence-electron chi connectivity index (χ4n) is 4.93. The lowest BCUT2D eigenvalue weighted by Gasteiger charge is -2.33. The molecule has 0 bridgehead atoms. The molecule has 0 saturated carbocycles. The van der Waals surface area contributed by atoms with Crippen LogP contribution in [0.4, 0.5) is 5.69 Å². The first-order valence-corrected chi connectivity index (χ1v) is 11.3. The van der Waals surface area contributed by atoms with Crippen molar-refractivity contribution in [1.29, 1.82) is 0 Å². The van der Waals surface area contributed by atoms with Crippen LogP contribution in [0.3, 0.4) is 0 Å². The van der Waals surface area contributed by atoms with Crippen molar-refractivity contribution < 1.29 is 0 Å². The van der Waals surface area contributed by atoms with E-state index in [0.29, 0.717) is 0 Å². The minimum absolute atomic E-state index is 0.125. The maximum Gasteiger partial charge on any atom is 0.0726 e. The van der Waals surface area contributed by atoms with Crippen molar-refractivity contribution in [2.45, 2.75) is 46.5 Å². The number of aryl methyl sites for hydroxylation is 1. The molecular formula is C27H30N4. The number of H-pyrrole nitrogens is 1. The fourth-order valence-corrected chi connectivity index (χ4v) is 4.93. The molecule has 2 aromatic carbocycles. The molecule has 4 aromatic rings. The molecule has 1 aliphatic carbocycles. The Labute approximate surface area is 184 Å². The van der Waals surface area contributed by atoms with Crippen molar-refractivity contribution in [3.63, 3.8) is 0 Å². The summed E-state index contributed by atoms with van der Waals surface area (Å²) < 4.78 is 0. The van der Waals surface area contributed by atoms with Gasteiger partial charge in [0.1, 0.15) is 0 Å². The third-order valence-corrected chi connectivity index (χ3v) is 6.27. The average molecular weight is 411 g/mol. The summed E-state index contributed by atoms with van der Waals surface area (Å²) in [5.41, 5.74) is 8.29. The Bertz CT molecular complexity index is 1280. The number of aromatic amines is 1. The molecule has 2 aromatic heterocycles. The number of benzene rings is 2. The number of aromatic nitrogens is 2. The maximum atomic E-state index is 5.26. The number of rotatable bonds is 4. The molecule has 0 spiro atoms. The Kier molecular flexibility index (Phi) is 4.81. The van der Waals surface area contributed by atoms with Gasteiger partial charge in [0.05, 0.1) is 28.3 Å². The van der Waals surface area contributed by atoms with E-state index in [9.17, 15) is 0 Å². The first-order chi connectivity index (χ1) is 15.0. The van der Waals surface area contributed by atoms with Gasteiger partial charge in [-0.15, -0.1) is 0 Å². The highest BCUT2D eigenvalue weighted by atomic mass is 15.4. The van der Waals surface area contributed by atoms with E-state index in [-0.39, 0.29) is 5.41 Å². The largest absolute Gasteiger partial charge is 0.354 e. The van der Waals surface area contributed by atoms with Crippen molar-refractivity contribution in [3.05, 3.63) is 71.5 Å². The summed E-state index contributed by atoms with van der Waals surface area (Å²) in [6, 6.07) is 18.9. The topological polar surface area (TPSA) is 44.3 Å². The van der Waals surface area contributed by atoms with Crippen molar-refractivity contribution in [2.24, 2.45) is 10.5 Å². The molecule has 0 aliphatic heterocycles. The molecular weight excluding hydrogens is 380 g/mol. The molecule has 0 unspecified atom stereocenters. The maximum absolute atomic E-state index is 5.26. The van der Waals surface area contributed by atoms with Gasteiger partial charge in [0.25, 0.3) is 0 Å². The first-order valence-electron chi connectivity index (χ1n) is 11.3. The Morgan fingerprint density at radius 3 is 2.55 bits per heavy atom. The zero-order valence-corrected chi connectivity index (χ0v) is 18.9. The SMILES string of the molecule is CCCc1nc2c(c3[nH]c4ccccc4c13)/C(=N/N(C)c1ccccc1)CC(C)(C)C2. The standard InChI is InChI=1S/C27H30N4/c1-5-11-21-24-19-14-9-10-15-20(19)29-26(24)25-22(28-21)16-27(2,3)17-23(25)30-31(4)18-12-7-6-8-13-18/h6-10,12-15,29H,5,11,16-17H2,1-4H3/b30-23+. The zero-order chi connectivity index (χ0) is 21.6. The molecule has 2 heterocycles. The van der Waals surface area contributed by atoms with Crippen LogP contribution in [0.2, 0.25) is 0 Å². The van der Waals surface area contributed by atoms with Crippen LogP contribution in [0.15, 0.2) is 59.7 Å². The number of hydrogen-bond acceptors (Lipinski definition) is 3. The minimum Gasteiger partial charge on any atom is -0.354 e. The second kappa shape index (κ2) is 7.52. The lowest BCUT2D eigenvalue weighted by Crippen LogP contribution is -2.30. The fraction of sp³-hybridized carbons (Fsp3) is 0.333. The Hall–Kier alpha value is -3.14. The summed E-state index contributed by atoms with van der Waals surface area (Å²) in [4.78, 5) is 9.00. The highest BCUT2D eigenvalue weighted by Crippen LogP contribution is 2.40. The summed E-state index contributed by atoms with van der Waals surface area (Å²) in [7, 11) is 2.03. The predicted molar refractivity (Wildman–Crippen MR) is 131 cm³/mol. The van der Waals surface area contributed by atoms with Gasteiger partial charge in [-0.3, -0.25) is 9.99 Å². The van der Waals surface area contributed by atoms with Crippen LogP contribution in [-0.2, 0) is 12.8 Å². The van der Waals surface area contributed by atoms with Crippen LogP contribution in [0, 0.1) is 5.41 Å². The van der Waals surface area contributed by atoms with Gasteiger partial charge in [-0.05, 0) is 42.9 Å². The van der Waals surface area contributed by atoms with Gasteiger partial charge in [0.15, 0.2) is 0 Å². The van der Waals surface area contributed by atoms with Crippen LogP contribution >= 0.6 is 0 Å². The van der Waals surface area contributed by atoms with Crippen LogP contribution in [0.25, 0.3) is 21.8 Å². The number of hydrazone groups is 1. The van der Waals surface area contributed by atoms with Gasteiger partial charge >= 0.3 is 0 Å². The van der Waals surface area contributed by atoms with E-state index in [4.69, 9.17) is 10.1 Å². The number of pyridine rings is 1. The lowest BCUT2D eigenvalue weighted by atomic mass is 9.74. The van der Waals surface area contributed by atoms with Crippen molar-refractivity contribution in [1.82, 2.24) is 9.97 Å². The quantitative estimate of drug-likeness (QED) is 0.391. The summed E-state index contributed by atoms with van der Waals surface area (Å²) in [6.07, 6.45) is 3.97. The summed E-state index contributed by atoms with van der Waals surface area (Å²) in [6.45, 7) is 6.88. The number of anilines is 1. The van der Waals surface area contributed by atoms with E-state index >= 15 is 0 Å². The first kappa shape index (κ1) is 19.8. The number of fused-ring (bicyclic) bond motifs is 5. The molecule has 4 heteroatoms. The normalized spacial score (nSPS) is 16.7. The van der Waals surface area contributed by atoms with E-state index < -0.39 is 0 Å². The molecule has 0 saturated heterocycles. The number of para-hydroxylation sites is 2. The molecule has 1 aliphatic rings. The molecule has 0 radical (unpaired) electrons. The van der Waals surface area contributed by atoms with Gasteiger partial charge in [0.2, 0.25) is 0 Å². The van der Waals surface area contributed by atoms with E-state index in [1.807, 2.05) is 18.1 Å².